The summed E-state index contributed by atoms with van der Waals surface area (Å²) in [5.74, 6) is 0. The molecule has 0 fully saturated rings. The number of anilines is 1. The summed E-state index contributed by atoms with van der Waals surface area (Å²) < 4.78 is 0. The highest BCUT2D eigenvalue weighted by Gasteiger charge is 2.18. The summed E-state index contributed by atoms with van der Waals surface area (Å²) in [7, 11) is 0. The van der Waals surface area contributed by atoms with Crippen molar-refractivity contribution in [2.75, 3.05) is 5.48 Å². The third-order valence-corrected chi connectivity index (χ3v) is 1.46. The molecule has 12 heavy (non-hydrogen) atoms. The van der Waals surface area contributed by atoms with Gasteiger partial charge in [0.05, 0.1) is 4.92 Å². The molecule has 0 amide bonds. The number of hydrogen-bond acceptors (Lipinski definition) is 5. The van der Waals surface area contributed by atoms with Gasteiger partial charge in [0.2, 0.25) is 5.15 Å². The van der Waals surface area contributed by atoms with Gasteiger partial charge in [-0.05, 0) is 6.07 Å². The van der Waals surface area contributed by atoms with Crippen LogP contribution in [0, 0.1) is 10.1 Å². The van der Waals surface area contributed by atoms with E-state index in [4.69, 9.17) is 16.8 Å². The zero-order chi connectivity index (χ0) is 9.14. The lowest BCUT2D eigenvalue weighted by Gasteiger charge is -1.99. The molecule has 6 nitrogen and oxygen atoms in total. The molecular weight excluding hydrogens is 186 g/mol. The van der Waals surface area contributed by atoms with Gasteiger partial charge in [0.1, 0.15) is 5.69 Å². The van der Waals surface area contributed by atoms with E-state index in [2.05, 4.69) is 4.98 Å². The van der Waals surface area contributed by atoms with E-state index in [9.17, 15) is 10.1 Å². The molecule has 0 aromatic carbocycles. The Morgan fingerprint density at radius 2 is 2.42 bits per heavy atom. The van der Waals surface area contributed by atoms with Crippen molar-refractivity contribution in [3.05, 3.63) is 27.5 Å². The van der Waals surface area contributed by atoms with Crippen molar-refractivity contribution < 1.29 is 10.1 Å². The fourth-order valence-corrected chi connectivity index (χ4v) is 0.919. The SMILES string of the molecule is O=[N+]([O-])c1c(NO)ccnc1Cl. The predicted molar refractivity (Wildman–Crippen MR) is 41.3 cm³/mol. The van der Waals surface area contributed by atoms with E-state index >= 15 is 0 Å². The molecule has 0 aliphatic rings. The number of hydrogen-bond donors (Lipinski definition) is 2. The largest absolute Gasteiger partial charge is 0.331 e. The Bertz CT molecular complexity index is 317. The van der Waals surface area contributed by atoms with Gasteiger partial charge in [0.25, 0.3) is 0 Å². The number of aromatic nitrogens is 1. The molecule has 0 unspecified atom stereocenters. The van der Waals surface area contributed by atoms with Gasteiger partial charge in [-0.1, -0.05) is 11.6 Å². The molecule has 1 aromatic heterocycles. The van der Waals surface area contributed by atoms with Crippen LogP contribution in [-0.4, -0.2) is 15.1 Å². The maximum absolute atomic E-state index is 10.3. The van der Waals surface area contributed by atoms with Gasteiger partial charge >= 0.3 is 5.69 Å². The zero-order valence-corrected chi connectivity index (χ0v) is 6.45. The number of pyridine rings is 1. The normalized spacial score (nSPS) is 9.50. The summed E-state index contributed by atoms with van der Waals surface area (Å²) in [4.78, 5) is 13.1. The van der Waals surface area contributed by atoms with Crippen molar-refractivity contribution in [3.63, 3.8) is 0 Å². The molecule has 0 aliphatic heterocycles. The van der Waals surface area contributed by atoms with Gasteiger partial charge in [0, 0.05) is 6.20 Å². The van der Waals surface area contributed by atoms with Crippen LogP contribution in [0.4, 0.5) is 11.4 Å². The molecule has 7 heteroatoms. The van der Waals surface area contributed by atoms with E-state index in [1.54, 1.807) is 5.48 Å². The van der Waals surface area contributed by atoms with E-state index in [0.29, 0.717) is 0 Å². The Hall–Kier alpha value is -1.40. The van der Waals surface area contributed by atoms with E-state index in [1.807, 2.05) is 0 Å². The molecule has 64 valence electrons. The summed E-state index contributed by atoms with van der Waals surface area (Å²) in [6, 6.07) is 1.24. The third kappa shape index (κ3) is 1.44. The predicted octanol–water partition coefficient (Wildman–Crippen LogP) is 1.44. The van der Waals surface area contributed by atoms with Crippen LogP contribution in [0.2, 0.25) is 5.15 Å². The van der Waals surface area contributed by atoms with Crippen LogP contribution in [0.1, 0.15) is 0 Å². The van der Waals surface area contributed by atoms with Crippen LogP contribution in [0.25, 0.3) is 0 Å². The molecular formula is C5H4ClN3O3. The number of nitro groups is 1. The maximum atomic E-state index is 10.3. The van der Waals surface area contributed by atoms with Crippen molar-refractivity contribution in [3.8, 4) is 0 Å². The molecule has 1 heterocycles. The van der Waals surface area contributed by atoms with Gasteiger partial charge in [-0.2, -0.15) is 0 Å². The molecule has 0 aliphatic carbocycles. The van der Waals surface area contributed by atoms with E-state index in [0.717, 1.165) is 0 Å². The first kappa shape index (κ1) is 8.69. The molecule has 0 bridgehead atoms. The molecule has 0 saturated heterocycles. The summed E-state index contributed by atoms with van der Waals surface area (Å²) in [6.45, 7) is 0. The van der Waals surface area contributed by atoms with Crippen LogP contribution < -0.4 is 5.48 Å². The summed E-state index contributed by atoms with van der Waals surface area (Å²) in [5.41, 5.74) is 1.13. The van der Waals surface area contributed by atoms with Crippen molar-refractivity contribution in [1.29, 1.82) is 0 Å². The average Bonchev–Trinajstić information content (AvgIpc) is 2.03. The number of nitrogens with zero attached hydrogens (tertiary/aromatic N) is 2. The lowest BCUT2D eigenvalue weighted by molar-refractivity contribution is -0.384. The molecule has 0 saturated carbocycles. The van der Waals surface area contributed by atoms with Crippen molar-refractivity contribution in [1.82, 2.24) is 4.98 Å². The van der Waals surface area contributed by atoms with Crippen molar-refractivity contribution >= 4 is 23.0 Å². The molecule has 0 radical (unpaired) electrons. The first-order chi connectivity index (χ1) is 5.66. The third-order valence-electron chi connectivity index (χ3n) is 1.18. The van der Waals surface area contributed by atoms with Crippen molar-refractivity contribution in [2.45, 2.75) is 0 Å². The molecule has 1 aromatic rings. The van der Waals surface area contributed by atoms with Gasteiger partial charge in [0.15, 0.2) is 0 Å². The Kier molecular flexibility index (Phi) is 2.41. The Morgan fingerprint density at radius 3 is 2.83 bits per heavy atom. The monoisotopic (exact) mass is 189 g/mol. The Labute approximate surface area is 71.9 Å². The van der Waals surface area contributed by atoms with Gasteiger partial charge in [-0.25, -0.2) is 4.98 Å². The highest BCUT2D eigenvalue weighted by molar-refractivity contribution is 6.31. The van der Waals surface area contributed by atoms with Crippen LogP contribution in [0.5, 0.6) is 0 Å². The van der Waals surface area contributed by atoms with Crippen LogP contribution in [0.3, 0.4) is 0 Å². The first-order valence-corrected chi connectivity index (χ1v) is 3.23. The summed E-state index contributed by atoms with van der Waals surface area (Å²) in [6.07, 6.45) is 1.24. The van der Waals surface area contributed by atoms with Crippen molar-refractivity contribution in [2.24, 2.45) is 0 Å². The lowest BCUT2D eigenvalue weighted by Crippen LogP contribution is -1.98. The first-order valence-electron chi connectivity index (χ1n) is 2.86. The van der Waals surface area contributed by atoms with Gasteiger partial charge in [-0.15, -0.1) is 0 Å². The smallest absolute Gasteiger partial charge is 0.291 e. The molecule has 1 rings (SSSR count). The van der Waals surface area contributed by atoms with Crippen LogP contribution >= 0.6 is 11.6 Å². The molecule has 0 spiro atoms. The van der Waals surface area contributed by atoms with E-state index < -0.39 is 10.6 Å². The standard InChI is InChI=1S/C5H4ClN3O3/c6-5-4(9(11)12)3(8-10)1-2-7-5/h1-2,10H,(H,7,8). The maximum Gasteiger partial charge on any atom is 0.331 e. The van der Waals surface area contributed by atoms with Gasteiger partial charge in [-0.3, -0.25) is 20.8 Å². The second-order valence-corrected chi connectivity index (χ2v) is 2.22. The number of halogens is 1. The average molecular weight is 190 g/mol. The minimum Gasteiger partial charge on any atom is -0.291 e. The highest BCUT2D eigenvalue weighted by atomic mass is 35.5. The fraction of sp³-hybridized carbons (Fsp3) is 0. The van der Waals surface area contributed by atoms with Gasteiger partial charge < -0.3 is 0 Å². The van der Waals surface area contributed by atoms with E-state index in [1.165, 1.54) is 12.3 Å². The quantitative estimate of drug-likeness (QED) is 0.418. The molecule has 0 atom stereocenters. The van der Waals surface area contributed by atoms with E-state index in [-0.39, 0.29) is 10.8 Å². The summed E-state index contributed by atoms with van der Waals surface area (Å²) >= 11 is 5.40. The molecule has 2 N–H and O–H groups in total. The topological polar surface area (TPSA) is 88.3 Å². The fourth-order valence-electron chi connectivity index (χ4n) is 0.692. The minimum absolute atomic E-state index is 0.0833. The summed E-state index contributed by atoms with van der Waals surface area (Å²) in [5, 5.41) is 18.5. The second kappa shape index (κ2) is 3.33. The lowest BCUT2D eigenvalue weighted by atomic mass is 10.4. The minimum atomic E-state index is -0.728. The number of rotatable bonds is 2. The number of nitrogens with one attached hydrogen (secondary N) is 1. The zero-order valence-electron chi connectivity index (χ0n) is 5.69. The van der Waals surface area contributed by atoms with Crippen LogP contribution in [0.15, 0.2) is 12.3 Å². The second-order valence-electron chi connectivity index (χ2n) is 1.87. The Balaban J connectivity index is 3.29. The highest BCUT2D eigenvalue weighted by Crippen LogP contribution is 2.29. The Morgan fingerprint density at radius 1 is 1.75 bits per heavy atom. The van der Waals surface area contributed by atoms with Crippen LogP contribution in [-0.2, 0) is 0 Å².